The van der Waals surface area contributed by atoms with E-state index in [4.69, 9.17) is 9.84 Å². The minimum absolute atomic E-state index is 0.0487. The molecule has 0 spiro atoms. The van der Waals surface area contributed by atoms with Crippen molar-refractivity contribution in [3.8, 4) is 16.9 Å². The molecule has 0 unspecified atom stereocenters. The molecule has 0 radical (unpaired) electrons. The lowest BCUT2D eigenvalue weighted by Crippen LogP contribution is -2.35. The molecule has 6 heteroatoms. The molecule has 0 aliphatic heterocycles. The quantitative estimate of drug-likeness (QED) is 0.644. The number of urea groups is 1. The van der Waals surface area contributed by atoms with Gasteiger partial charge in [0.2, 0.25) is 0 Å². The maximum atomic E-state index is 11.6. The van der Waals surface area contributed by atoms with E-state index in [1.54, 1.807) is 7.11 Å². The number of rotatable bonds is 8. The molecule has 0 fully saturated rings. The van der Waals surface area contributed by atoms with Gasteiger partial charge in [0.1, 0.15) is 5.75 Å². The van der Waals surface area contributed by atoms with Crippen molar-refractivity contribution >= 4 is 12.0 Å². The van der Waals surface area contributed by atoms with E-state index in [-0.39, 0.29) is 12.5 Å². The average Bonchev–Trinajstić information content (AvgIpc) is 2.64. The summed E-state index contributed by atoms with van der Waals surface area (Å²) < 4.78 is 5.15. The van der Waals surface area contributed by atoms with Crippen molar-refractivity contribution in [2.45, 2.75) is 19.4 Å². The van der Waals surface area contributed by atoms with Gasteiger partial charge in [-0.3, -0.25) is 4.79 Å². The van der Waals surface area contributed by atoms with Crippen LogP contribution in [0.1, 0.15) is 18.4 Å². The van der Waals surface area contributed by atoms with Crippen LogP contribution in [-0.2, 0) is 11.3 Å². The second-order valence-electron chi connectivity index (χ2n) is 5.53. The first-order chi connectivity index (χ1) is 12.1. The van der Waals surface area contributed by atoms with Gasteiger partial charge in [0.05, 0.1) is 7.11 Å². The van der Waals surface area contributed by atoms with Crippen LogP contribution in [0.3, 0.4) is 0 Å². The summed E-state index contributed by atoms with van der Waals surface area (Å²) in [6, 6.07) is 15.5. The Morgan fingerprint density at radius 2 is 1.56 bits per heavy atom. The Balaban J connectivity index is 1.79. The van der Waals surface area contributed by atoms with Crippen molar-refractivity contribution in [1.29, 1.82) is 0 Å². The van der Waals surface area contributed by atoms with Crippen LogP contribution in [0.4, 0.5) is 4.79 Å². The Hall–Kier alpha value is -3.02. The number of carboxylic acid groups (broad SMARTS) is 1. The first kappa shape index (κ1) is 18.3. The predicted octanol–water partition coefficient (Wildman–Crippen LogP) is 3.03. The van der Waals surface area contributed by atoms with Crippen molar-refractivity contribution in [3.05, 3.63) is 54.1 Å². The summed E-state index contributed by atoms with van der Waals surface area (Å²) in [4.78, 5) is 22.0. The molecule has 0 aromatic heterocycles. The van der Waals surface area contributed by atoms with Crippen LogP contribution in [0.15, 0.2) is 48.5 Å². The highest BCUT2D eigenvalue weighted by molar-refractivity contribution is 5.74. The largest absolute Gasteiger partial charge is 0.497 e. The minimum atomic E-state index is -0.862. The third-order valence-corrected chi connectivity index (χ3v) is 3.68. The first-order valence-electron chi connectivity index (χ1n) is 8.05. The van der Waals surface area contributed by atoms with E-state index in [9.17, 15) is 9.59 Å². The van der Waals surface area contributed by atoms with E-state index in [0.29, 0.717) is 19.5 Å². The molecule has 0 heterocycles. The molecule has 132 valence electrons. The standard InChI is InChI=1S/C19H22N2O4/c1-25-17-10-8-16(9-11-17)15-6-4-14(5-7-15)13-21-19(24)20-12-2-3-18(22)23/h4-11H,2-3,12-13H2,1H3,(H,22,23)(H2,20,21,24). The maximum absolute atomic E-state index is 11.6. The van der Waals surface area contributed by atoms with E-state index in [1.165, 1.54) is 0 Å². The summed E-state index contributed by atoms with van der Waals surface area (Å²) in [6.45, 7) is 0.752. The molecule has 0 aliphatic rings. The second-order valence-corrected chi connectivity index (χ2v) is 5.53. The molecule has 2 aromatic carbocycles. The lowest BCUT2D eigenvalue weighted by Gasteiger charge is -2.08. The van der Waals surface area contributed by atoms with Crippen molar-refractivity contribution in [1.82, 2.24) is 10.6 Å². The second kappa shape index (κ2) is 9.32. The molecular formula is C19H22N2O4. The molecule has 6 nitrogen and oxygen atoms in total. The molecule has 0 aliphatic carbocycles. The van der Waals surface area contributed by atoms with E-state index < -0.39 is 5.97 Å². The molecule has 2 aromatic rings. The molecule has 0 saturated carbocycles. The predicted molar refractivity (Wildman–Crippen MR) is 95.5 cm³/mol. The number of hydrogen-bond donors (Lipinski definition) is 3. The van der Waals surface area contributed by atoms with Gasteiger partial charge in [0, 0.05) is 19.5 Å². The summed E-state index contributed by atoms with van der Waals surface area (Å²) in [5.41, 5.74) is 3.17. The number of carbonyl (C=O) groups excluding carboxylic acids is 1. The van der Waals surface area contributed by atoms with Crippen molar-refractivity contribution < 1.29 is 19.4 Å². The van der Waals surface area contributed by atoms with Gasteiger partial charge in [-0.1, -0.05) is 36.4 Å². The Kier molecular flexibility index (Phi) is 6.83. The minimum Gasteiger partial charge on any atom is -0.497 e. The highest BCUT2D eigenvalue weighted by Gasteiger charge is 2.03. The molecule has 0 bridgehead atoms. The van der Waals surface area contributed by atoms with Gasteiger partial charge in [-0.25, -0.2) is 4.79 Å². The Morgan fingerprint density at radius 1 is 0.960 bits per heavy atom. The molecule has 3 N–H and O–H groups in total. The van der Waals surface area contributed by atoms with Crippen molar-refractivity contribution in [2.75, 3.05) is 13.7 Å². The van der Waals surface area contributed by atoms with E-state index in [1.807, 2.05) is 48.5 Å². The zero-order valence-corrected chi connectivity index (χ0v) is 14.1. The van der Waals surface area contributed by atoms with Gasteiger partial charge in [-0.15, -0.1) is 0 Å². The van der Waals surface area contributed by atoms with Crippen LogP contribution >= 0.6 is 0 Å². The topological polar surface area (TPSA) is 87.7 Å². The SMILES string of the molecule is COc1ccc(-c2ccc(CNC(=O)NCCCC(=O)O)cc2)cc1. The third kappa shape index (κ3) is 6.18. The fourth-order valence-corrected chi connectivity index (χ4v) is 2.28. The van der Waals surface area contributed by atoms with E-state index in [0.717, 1.165) is 22.4 Å². The number of ether oxygens (including phenoxy) is 1. The molecular weight excluding hydrogens is 320 g/mol. The zero-order valence-electron chi connectivity index (χ0n) is 14.1. The van der Waals surface area contributed by atoms with Crippen LogP contribution in [-0.4, -0.2) is 30.8 Å². The highest BCUT2D eigenvalue weighted by atomic mass is 16.5. The van der Waals surface area contributed by atoms with Crippen LogP contribution in [0.5, 0.6) is 5.75 Å². The van der Waals surface area contributed by atoms with Gasteiger partial charge in [0.15, 0.2) is 0 Å². The molecule has 25 heavy (non-hydrogen) atoms. The Morgan fingerprint density at radius 3 is 2.12 bits per heavy atom. The van der Waals surface area contributed by atoms with Gasteiger partial charge in [0.25, 0.3) is 0 Å². The zero-order chi connectivity index (χ0) is 18.1. The molecule has 0 saturated heterocycles. The fourth-order valence-electron chi connectivity index (χ4n) is 2.28. The monoisotopic (exact) mass is 342 g/mol. The smallest absolute Gasteiger partial charge is 0.315 e. The maximum Gasteiger partial charge on any atom is 0.315 e. The summed E-state index contributed by atoms with van der Waals surface area (Å²) in [7, 11) is 1.64. The van der Waals surface area contributed by atoms with Crippen LogP contribution in [0.25, 0.3) is 11.1 Å². The van der Waals surface area contributed by atoms with Crippen LogP contribution < -0.4 is 15.4 Å². The first-order valence-corrected chi connectivity index (χ1v) is 8.05. The van der Waals surface area contributed by atoms with Crippen molar-refractivity contribution in [2.24, 2.45) is 0 Å². The lowest BCUT2D eigenvalue weighted by atomic mass is 10.0. The van der Waals surface area contributed by atoms with Gasteiger partial charge >= 0.3 is 12.0 Å². The number of carbonyl (C=O) groups is 2. The summed E-state index contributed by atoms with van der Waals surface area (Å²) in [5, 5.41) is 13.9. The van der Waals surface area contributed by atoms with Gasteiger partial charge in [-0.2, -0.15) is 0 Å². The Bertz CT molecular complexity index is 696. The normalized spacial score (nSPS) is 10.1. The number of amides is 2. The average molecular weight is 342 g/mol. The number of aliphatic carboxylic acids is 1. The van der Waals surface area contributed by atoms with Crippen LogP contribution in [0.2, 0.25) is 0 Å². The lowest BCUT2D eigenvalue weighted by molar-refractivity contribution is -0.137. The van der Waals surface area contributed by atoms with E-state index in [2.05, 4.69) is 10.6 Å². The van der Waals surface area contributed by atoms with Gasteiger partial charge < -0.3 is 20.5 Å². The molecule has 2 rings (SSSR count). The molecule has 2 amide bonds. The third-order valence-electron chi connectivity index (χ3n) is 3.68. The number of carboxylic acids is 1. The highest BCUT2D eigenvalue weighted by Crippen LogP contribution is 2.22. The Labute approximate surface area is 146 Å². The number of nitrogens with one attached hydrogen (secondary N) is 2. The van der Waals surface area contributed by atoms with E-state index >= 15 is 0 Å². The molecule has 0 atom stereocenters. The summed E-state index contributed by atoms with van der Waals surface area (Å²) in [6.07, 6.45) is 0.465. The van der Waals surface area contributed by atoms with Crippen LogP contribution in [0, 0.1) is 0 Å². The number of hydrogen-bond acceptors (Lipinski definition) is 3. The van der Waals surface area contributed by atoms with Gasteiger partial charge in [-0.05, 0) is 35.2 Å². The van der Waals surface area contributed by atoms with Crippen molar-refractivity contribution in [3.63, 3.8) is 0 Å². The fraction of sp³-hybridized carbons (Fsp3) is 0.263. The number of benzene rings is 2. The number of methoxy groups -OCH3 is 1. The summed E-state index contributed by atoms with van der Waals surface area (Å²) in [5.74, 6) is -0.0434. The summed E-state index contributed by atoms with van der Waals surface area (Å²) >= 11 is 0.